The lowest BCUT2D eigenvalue weighted by Crippen LogP contribution is -2.44. The Labute approximate surface area is 108 Å². The largest absolute Gasteiger partial charge is 0.497 e. The predicted molar refractivity (Wildman–Crippen MR) is 71.0 cm³/mol. The molecule has 3 nitrogen and oxygen atoms in total. The van der Waals surface area contributed by atoms with E-state index >= 15 is 0 Å². The fraction of sp³-hybridized carbons (Fsp3) is 0.600. The van der Waals surface area contributed by atoms with Crippen LogP contribution in [0, 0.1) is 0 Å². The molecule has 1 heterocycles. The van der Waals surface area contributed by atoms with Gasteiger partial charge in [0.1, 0.15) is 17.1 Å². The van der Waals surface area contributed by atoms with Crippen LogP contribution in [0.15, 0.2) is 18.2 Å². The van der Waals surface area contributed by atoms with Crippen molar-refractivity contribution in [2.45, 2.75) is 50.2 Å². The van der Waals surface area contributed by atoms with E-state index in [1.165, 1.54) is 19.3 Å². The first-order valence-corrected chi connectivity index (χ1v) is 6.85. The Morgan fingerprint density at radius 1 is 1.28 bits per heavy atom. The Kier molecular flexibility index (Phi) is 2.94. The molecule has 0 amide bonds. The van der Waals surface area contributed by atoms with Gasteiger partial charge in [0.05, 0.1) is 7.11 Å². The predicted octanol–water partition coefficient (Wildman–Crippen LogP) is 3.18. The zero-order valence-corrected chi connectivity index (χ0v) is 10.9. The molecular formula is C15H21NO2. The summed E-state index contributed by atoms with van der Waals surface area (Å²) in [6.07, 6.45) is 7.08. The molecule has 0 saturated heterocycles. The number of hydrogen-bond donors (Lipinski definition) is 1. The van der Waals surface area contributed by atoms with Gasteiger partial charge in [-0.15, -0.1) is 0 Å². The highest BCUT2D eigenvalue weighted by Crippen LogP contribution is 2.46. The zero-order valence-electron chi connectivity index (χ0n) is 10.9. The number of ether oxygens (including phenoxy) is 2. The minimum absolute atomic E-state index is 0.000739. The molecule has 0 bridgehead atoms. The number of hydrogen-bond acceptors (Lipinski definition) is 3. The van der Waals surface area contributed by atoms with Crippen molar-refractivity contribution in [3.63, 3.8) is 0 Å². The fourth-order valence-corrected chi connectivity index (χ4v) is 3.32. The van der Waals surface area contributed by atoms with Crippen LogP contribution in [-0.2, 0) is 0 Å². The van der Waals surface area contributed by atoms with E-state index in [0.717, 1.165) is 36.3 Å². The molecule has 1 aliphatic heterocycles. The molecule has 2 N–H and O–H groups in total. The van der Waals surface area contributed by atoms with E-state index in [4.69, 9.17) is 15.2 Å². The number of benzene rings is 1. The molecule has 18 heavy (non-hydrogen) atoms. The van der Waals surface area contributed by atoms with Gasteiger partial charge in [0.25, 0.3) is 0 Å². The van der Waals surface area contributed by atoms with Crippen LogP contribution < -0.4 is 15.2 Å². The third-order valence-corrected chi connectivity index (χ3v) is 4.30. The van der Waals surface area contributed by atoms with Crippen LogP contribution >= 0.6 is 0 Å². The lowest BCUT2D eigenvalue weighted by atomic mass is 9.77. The van der Waals surface area contributed by atoms with Gasteiger partial charge in [-0.2, -0.15) is 0 Å². The van der Waals surface area contributed by atoms with E-state index in [-0.39, 0.29) is 11.6 Å². The smallest absolute Gasteiger partial charge is 0.125 e. The Morgan fingerprint density at radius 3 is 2.78 bits per heavy atom. The summed E-state index contributed by atoms with van der Waals surface area (Å²) < 4.78 is 11.5. The quantitative estimate of drug-likeness (QED) is 0.829. The van der Waals surface area contributed by atoms with E-state index in [1.807, 2.05) is 18.2 Å². The van der Waals surface area contributed by atoms with Crippen LogP contribution in [0.2, 0.25) is 0 Å². The van der Waals surface area contributed by atoms with Crippen molar-refractivity contribution in [3.8, 4) is 11.5 Å². The van der Waals surface area contributed by atoms with Gasteiger partial charge in [-0.25, -0.2) is 0 Å². The van der Waals surface area contributed by atoms with Gasteiger partial charge in [0, 0.05) is 18.0 Å². The Hall–Kier alpha value is -1.22. The van der Waals surface area contributed by atoms with Gasteiger partial charge in [-0.3, -0.25) is 0 Å². The van der Waals surface area contributed by atoms with Crippen LogP contribution in [-0.4, -0.2) is 12.7 Å². The van der Waals surface area contributed by atoms with Crippen molar-refractivity contribution >= 4 is 0 Å². The van der Waals surface area contributed by atoms with Crippen molar-refractivity contribution in [2.75, 3.05) is 7.11 Å². The summed E-state index contributed by atoms with van der Waals surface area (Å²) in [5, 5.41) is 0. The van der Waals surface area contributed by atoms with E-state index < -0.39 is 0 Å². The number of rotatable bonds is 1. The molecule has 1 atom stereocenters. The minimum Gasteiger partial charge on any atom is -0.497 e. The first-order valence-electron chi connectivity index (χ1n) is 6.85. The summed E-state index contributed by atoms with van der Waals surface area (Å²) in [5.74, 6) is 1.81. The lowest BCUT2D eigenvalue weighted by Gasteiger charge is -2.43. The second-order valence-corrected chi connectivity index (χ2v) is 5.56. The third kappa shape index (κ3) is 1.97. The minimum atomic E-state index is -0.000739. The molecule has 1 aromatic carbocycles. The Bertz CT molecular complexity index is 438. The van der Waals surface area contributed by atoms with Crippen LogP contribution in [0.5, 0.6) is 11.5 Å². The second-order valence-electron chi connectivity index (χ2n) is 5.56. The number of fused-ring (bicyclic) bond motifs is 1. The zero-order chi connectivity index (χ0) is 12.6. The summed E-state index contributed by atoms with van der Waals surface area (Å²) in [6, 6.07) is 6.04. The van der Waals surface area contributed by atoms with E-state index in [0.29, 0.717) is 0 Å². The normalized spacial score (nSPS) is 25.3. The van der Waals surface area contributed by atoms with Crippen molar-refractivity contribution < 1.29 is 9.47 Å². The molecule has 1 fully saturated rings. The van der Waals surface area contributed by atoms with Crippen molar-refractivity contribution in [1.29, 1.82) is 0 Å². The maximum atomic E-state index is 6.34. The maximum absolute atomic E-state index is 6.34. The van der Waals surface area contributed by atoms with Crippen LogP contribution in [0.4, 0.5) is 0 Å². The van der Waals surface area contributed by atoms with Crippen LogP contribution in [0.25, 0.3) is 0 Å². The van der Waals surface area contributed by atoms with Gasteiger partial charge in [-0.1, -0.05) is 6.42 Å². The van der Waals surface area contributed by atoms with Gasteiger partial charge >= 0.3 is 0 Å². The van der Waals surface area contributed by atoms with Crippen molar-refractivity contribution in [3.05, 3.63) is 23.8 Å². The van der Waals surface area contributed by atoms with Gasteiger partial charge in [0.15, 0.2) is 0 Å². The molecule has 0 radical (unpaired) electrons. The molecule has 1 saturated carbocycles. The van der Waals surface area contributed by atoms with E-state index in [9.17, 15) is 0 Å². The monoisotopic (exact) mass is 247 g/mol. The lowest BCUT2D eigenvalue weighted by molar-refractivity contribution is 0.00184. The summed E-state index contributed by atoms with van der Waals surface area (Å²) in [5.41, 5.74) is 7.43. The van der Waals surface area contributed by atoms with Gasteiger partial charge < -0.3 is 15.2 Å². The average Bonchev–Trinajstić information content (AvgIpc) is 2.39. The number of nitrogens with two attached hydrogens (primary N) is 1. The topological polar surface area (TPSA) is 44.5 Å². The second kappa shape index (κ2) is 4.47. The molecule has 3 rings (SSSR count). The summed E-state index contributed by atoms with van der Waals surface area (Å²) in [4.78, 5) is 0. The van der Waals surface area contributed by atoms with Crippen LogP contribution in [0.1, 0.15) is 50.1 Å². The van der Waals surface area contributed by atoms with E-state index in [1.54, 1.807) is 7.11 Å². The molecule has 1 aromatic rings. The summed E-state index contributed by atoms with van der Waals surface area (Å²) in [7, 11) is 1.68. The molecule has 1 aliphatic carbocycles. The molecule has 0 unspecified atom stereocenters. The summed E-state index contributed by atoms with van der Waals surface area (Å²) in [6.45, 7) is 0. The number of methoxy groups -OCH3 is 1. The first kappa shape index (κ1) is 11.8. The fourth-order valence-electron chi connectivity index (χ4n) is 3.32. The highest BCUT2D eigenvalue weighted by Gasteiger charge is 2.40. The molecule has 3 heteroatoms. The first-order chi connectivity index (χ1) is 8.72. The van der Waals surface area contributed by atoms with E-state index in [2.05, 4.69) is 0 Å². The van der Waals surface area contributed by atoms with Crippen LogP contribution in [0.3, 0.4) is 0 Å². The highest BCUT2D eigenvalue weighted by molar-refractivity contribution is 5.44. The summed E-state index contributed by atoms with van der Waals surface area (Å²) >= 11 is 0. The molecule has 2 aliphatic rings. The average molecular weight is 247 g/mol. The molecular weight excluding hydrogens is 226 g/mol. The van der Waals surface area contributed by atoms with Crippen molar-refractivity contribution in [2.24, 2.45) is 5.73 Å². The Balaban J connectivity index is 1.92. The third-order valence-electron chi connectivity index (χ3n) is 4.30. The molecule has 1 spiro atoms. The van der Waals surface area contributed by atoms with Gasteiger partial charge in [-0.05, 0) is 43.9 Å². The Morgan fingerprint density at radius 2 is 2.06 bits per heavy atom. The standard InChI is InChI=1S/C15H21NO2/c1-17-11-5-6-14-12(9-11)13(16)10-15(18-14)7-3-2-4-8-15/h5-6,9,13H,2-4,7-8,10,16H2,1H3/t13-/m1/s1. The van der Waals surface area contributed by atoms with Crippen molar-refractivity contribution in [1.82, 2.24) is 0 Å². The maximum Gasteiger partial charge on any atom is 0.125 e. The molecule has 98 valence electrons. The van der Waals surface area contributed by atoms with Gasteiger partial charge in [0.2, 0.25) is 0 Å². The molecule has 0 aromatic heterocycles. The highest BCUT2D eigenvalue weighted by atomic mass is 16.5. The SMILES string of the molecule is COc1ccc2c(c1)[C@H](N)CC1(CCCCC1)O2.